The number of rotatable bonds is 6. The molecule has 0 aromatic heterocycles. The largest absolute Gasteiger partial charge is 0.329 e. The van der Waals surface area contributed by atoms with Gasteiger partial charge in [0.15, 0.2) is 0 Å². The van der Waals surface area contributed by atoms with Crippen LogP contribution in [0.5, 0.6) is 0 Å². The molecule has 1 rings (SSSR count). The number of nitrogens with zero attached hydrogens (tertiary/aromatic N) is 1. The van der Waals surface area contributed by atoms with Gasteiger partial charge in [-0.25, -0.2) is 8.42 Å². The van der Waals surface area contributed by atoms with Crippen molar-refractivity contribution in [3.63, 3.8) is 0 Å². The zero-order chi connectivity index (χ0) is 16.3. The maximum Gasteiger partial charge on any atom is 0.148 e. The molecule has 1 unspecified atom stereocenters. The van der Waals surface area contributed by atoms with E-state index < -0.39 is 9.84 Å². The standard InChI is InChI=1S/C16H28N2O2S/c1-16(2,3)14-8-6-13(7-9-14)15(12-17)18(4)10-11-21(5,19)20/h6-9,15H,10-12,17H2,1-5H3. The Hall–Kier alpha value is -0.910. The van der Waals surface area contributed by atoms with Gasteiger partial charge in [-0.05, 0) is 23.6 Å². The lowest BCUT2D eigenvalue weighted by Gasteiger charge is -2.28. The molecule has 5 heteroatoms. The van der Waals surface area contributed by atoms with Gasteiger partial charge in [0.05, 0.1) is 5.75 Å². The fraction of sp³-hybridized carbons (Fsp3) is 0.625. The normalized spacial score (nSPS) is 14.4. The highest BCUT2D eigenvalue weighted by atomic mass is 32.2. The van der Waals surface area contributed by atoms with E-state index in [1.54, 1.807) is 0 Å². The van der Waals surface area contributed by atoms with Gasteiger partial charge in [-0.2, -0.15) is 0 Å². The van der Waals surface area contributed by atoms with Gasteiger partial charge in [-0.3, -0.25) is 4.90 Å². The molecule has 1 atom stereocenters. The molecule has 4 nitrogen and oxygen atoms in total. The maximum atomic E-state index is 11.3. The van der Waals surface area contributed by atoms with Gasteiger partial charge < -0.3 is 5.73 Å². The van der Waals surface area contributed by atoms with Crippen LogP contribution in [0.25, 0.3) is 0 Å². The second-order valence-electron chi connectivity index (χ2n) is 6.73. The molecule has 1 aromatic rings. The van der Waals surface area contributed by atoms with Crippen molar-refractivity contribution in [2.24, 2.45) is 5.73 Å². The van der Waals surface area contributed by atoms with Crippen LogP contribution in [0.2, 0.25) is 0 Å². The highest BCUT2D eigenvalue weighted by Crippen LogP contribution is 2.25. The molecule has 0 fully saturated rings. The molecule has 0 amide bonds. The molecular formula is C16H28N2O2S. The number of sulfone groups is 1. The summed E-state index contributed by atoms with van der Waals surface area (Å²) in [6.45, 7) is 7.50. The summed E-state index contributed by atoms with van der Waals surface area (Å²) in [4.78, 5) is 2.01. The first-order chi connectivity index (χ1) is 9.54. The fourth-order valence-electron chi connectivity index (χ4n) is 2.24. The molecule has 0 saturated heterocycles. The van der Waals surface area contributed by atoms with Crippen molar-refractivity contribution in [2.75, 3.05) is 32.1 Å². The molecule has 0 saturated carbocycles. The minimum absolute atomic E-state index is 0.0424. The number of hydrogen-bond donors (Lipinski definition) is 1. The summed E-state index contributed by atoms with van der Waals surface area (Å²) in [6, 6.07) is 8.48. The van der Waals surface area contributed by atoms with Crippen molar-refractivity contribution < 1.29 is 8.42 Å². The van der Waals surface area contributed by atoms with E-state index in [0.717, 1.165) is 5.56 Å². The van der Waals surface area contributed by atoms with E-state index in [2.05, 4.69) is 45.0 Å². The minimum atomic E-state index is -2.95. The van der Waals surface area contributed by atoms with Crippen LogP contribution in [0, 0.1) is 0 Å². The van der Waals surface area contributed by atoms with Crippen LogP contribution in [-0.4, -0.2) is 45.5 Å². The van der Waals surface area contributed by atoms with Crippen LogP contribution in [0.4, 0.5) is 0 Å². The smallest absolute Gasteiger partial charge is 0.148 e. The Labute approximate surface area is 129 Å². The molecule has 0 aliphatic carbocycles. The van der Waals surface area contributed by atoms with Gasteiger partial charge in [0.1, 0.15) is 9.84 Å². The predicted molar refractivity (Wildman–Crippen MR) is 89.3 cm³/mol. The lowest BCUT2D eigenvalue weighted by atomic mass is 9.86. The Morgan fingerprint density at radius 2 is 1.71 bits per heavy atom. The van der Waals surface area contributed by atoms with E-state index in [9.17, 15) is 8.42 Å². The second kappa shape index (κ2) is 6.90. The van der Waals surface area contributed by atoms with Crippen LogP contribution in [0.15, 0.2) is 24.3 Å². The number of benzene rings is 1. The van der Waals surface area contributed by atoms with E-state index in [0.29, 0.717) is 13.1 Å². The summed E-state index contributed by atoms with van der Waals surface area (Å²) < 4.78 is 22.6. The Balaban J connectivity index is 2.85. The minimum Gasteiger partial charge on any atom is -0.329 e. The molecule has 0 spiro atoms. The third-order valence-electron chi connectivity index (χ3n) is 3.73. The van der Waals surface area contributed by atoms with E-state index in [4.69, 9.17) is 5.73 Å². The topological polar surface area (TPSA) is 63.4 Å². The molecule has 0 bridgehead atoms. The number of nitrogens with two attached hydrogens (primary N) is 1. The average molecular weight is 312 g/mol. The van der Waals surface area contributed by atoms with Crippen LogP contribution < -0.4 is 5.73 Å². The van der Waals surface area contributed by atoms with Gasteiger partial charge in [-0.1, -0.05) is 45.0 Å². The molecule has 120 valence electrons. The molecule has 0 radical (unpaired) electrons. The second-order valence-corrected chi connectivity index (χ2v) is 8.99. The van der Waals surface area contributed by atoms with Gasteiger partial charge in [0, 0.05) is 25.4 Å². The van der Waals surface area contributed by atoms with Crippen molar-refractivity contribution in [3.8, 4) is 0 Å². The summed E-state index contributed by atoms with van der Waals surface area (Å²) in [5.74, 6) is 0.153. The quantitative estimate of drug-likeness (QED) is 0.872. The third-order valence-corrected chi connectivity index (χ3v) is 4.66. The van der Waals surface area contributed by atoms with E-state index >= 15 is 0 Å². The number of hydrogen-bond acceptors (Lipinski definition) is 4. The first-order valence-electron chi connectivity index (χ1n) is 7.23. The van der Waals surface area contributed by atoms with Gasteiger partial charge in [0.25, 0.3) is 0 Å². The third kappa shape index (κ3) is 5.77. The number of likely N-dealkylation sites (N-methyl/N-ethyl adjacent to an activating group) is 1. The van der Waals surface area contributed by atoms with E-state index in [1.165, 1.54) is 11.8 Å². The van der Waals surface area contributed by atoms with E-state index in [-0.39, 0.29) is 17.2 Å². The Bertz CT molecular complexity index is 545. The van der Waals surface area contributed by atoms with Gasteiger partial charge in [-0.15, -0.1) is 0 Å². The lowest BCUT2D eigenvalue weighted by molar-refractivity contribution is 0.264. The molecule has 21 heavy (non-hydrogen) atoms. The zero-order valence-corrected chi connectivity index (χ0v) is 14.6. The van der Waals surface area contributed by atoms with Crippen molar-refractivity contribution >= 4 is 9.84 Å². The Kier molecular flexibility index (Phi) is 5.96. The highest BCUT2D eigenvalue weighted by Gasteiger charge is 2.18. The van der Waals surface area contributed by atoms with Gasteiger partial charge in [0.2, 0.25) is 0 Å². The van der Waals surface area contributed by atoms with Crippen molar-refractivity contribution in [2.45, 2.75) is 32.2 Å². The zero-order valence-electron chi connectivity index (χ0n) is 13.8. The summed E-state index contributed by atoms with van der Waals surface area (Å²) >= 11 is 0. The summed E-state index contributed by atoms with van der Waals surface area (Å²) in [7, 11) is -1.03. The molecule has 2 N–H and O–H groups in total. The van der Waals surface area contributed by atoms with Crippen LogP contribution >= 0.6 is 0 Å². The summed E-state index contributed by atoms with van der Waals surface area (Å²) in [6.07, 6.45) is 1.26. The van der Waals surface area contributed by atoms with Crippen molar-refractivity contribution in [1.82, 2.24) is 4.90 Å². The SMILES string of the molecule is CN(CCS(C)(=O)=O)C(CN)c1ccc(C(C)(C)C)cc1. The Morgan fingerprint density at radius 1 is 1.19 bits per heavy atom. The summed E-state index contributed by atoms with van der Waals surface area (Å²) in [5, 5.41) is 0. The van der Waals surface area contributed by atoms with Crippen LogP contribution in [-0.2, 0) is 15.3 Å². The maximum absolute atomic E-state index is 11.3. The van der Waals surface area contributed by atoms with Crippen LogP contribution in [0.1, 0.15) is 37.9 Å². The average Bonchev–Trinajstić information content (AvgIpc) is 2.36. The highest BCUT2D eigenvalue weighted by molar-refractivity contribution is 7.90. The monoisotopic (exact) mass is 312 g/mol. The molecule has 0 heterocycles. The van der Waals surface area contributed by atoms with Gasteiger partial charge >= 0.3 is 0 Å². The predicted octanol–water partition coefficient (Wildman–Crippen LogP) is 1.96. The molecule has 0 aliphatic rings. The van der Waals surface area contributed by atoms with Crippen LogP contribution in [0.3, 0.4) is 0 Å². The first-order valence-corrected chi connectivity index (χ1v) is 9.29. The molecule has 1 aromatic carbocycles. The lowest BCUT2D eigenvalue weighted by Crippen LogP contribution is -2.34. The van der Waals surface area contributed by atoms with Crippen molar-refractivity contribution in [3.05, 3.63) is 35.4 Å². The Morgan fingerprint density at radius 3 is 2.10 bits per heavy atom. The summed E-state index contributed by atoms with van der Waals surface area (Å²) in [5.41, 5.74) is 8.41. The molecular weight excluding hydrogens is 284 g/mol. The van der Waals surface area contributed by atoms with Crippen molar-refractivity contribution in [1.29, 1.82) is 0 Å². The fourth-order valence-corrected chi connectivity index (χ4v) is 2.86. The molecule has 0 aliphatic heterocycles. The van der Waals surface area contributed by atoms with E-state index in [1.807, 2.05) is 11.9 Å². The first kappa shape index (κ1) is 18.1.